The van der Waals surface area contributed by atoms with Crippen molar-refractivity contribution < 1.29 is 14.3 Å². The van der Waals surface area contributed by atoms with E-state index in [1.807, 2.05) is 12.2 Å². The fraction of sp³-hybridized carbons (Fsp3) is 0.600. The summed E-state index contributed by atoms with van der Waals surface area (Å²) in [6, 6.07) is 0. The highest BCUT2D eigenvalue weighted by Gasteiger charge is 2.40. The Morgan fingerprint density at radius 3 is 2.70 bits per heavy atom. The lowest BCUT2D eigenvalue weighted by Crippen LogP contribution is -2.40. The second-order valence-electron chi connectivity index (χ2n) is 6.21. The highest BCUT2D eigenvalue weighted by Crippen LogP contribution is 2.43. The maximum atomic E-state index is 11.9. The van der Waals surface area contributed by atoms with Gasteiger partial charge in [0, 0.05) is 0 Å². The maximum Gasteiger partial charge on any atom is 0.227 e. The fourth-order valence-electron chi connectivity index (χ4n) is 3.07. The summed E-state index contributed by atoms with van der Waals surface area (Å²) in [5.41, 5.74) is 11.3. The number of primary amides is 2. The molecule has 1 aliphatic carbocycles. The van der Waals surface area contributed by atoms with Crippen molar-refractivity contribution in [3.8, 4) is 0 Å². The lowest BCUT2D eigenvalue weighted by atomic mass is 9.70. The fourth-order valence-corrected chi connectivity index (χ4v) is 3.07. The van der Waals surface area contributed by atoms with Crippen LogP contribution in [0.15, 0.2) is 23.5 Å². The summed E-state index contributed by atoms with van der Waals surface area (Å²) in [5, 5.41) is 0. The van der Waals surface area contributed by atoms with Gasteiger partial charge in [-0.05, 0) is 36.8 Å². The molecule has 2 amide bonds. The molecule has 0 aromatic carbocycles. The van der Waals surface area contributed by atoms with Gasteiger partial charge in [-0.15, -0.1) is 0 Å². The molecule has 0 saturated carbocycles. The molecule has 1 aliphatic heterocycles. The topological polar surface area (TPSA) is 95.4 Å². The highest BCUT2D eigenvalue weighted by atomic mass is 16.5. The average molecular weight is 278 g/mol. The number of nitrogens with two attached hydrogens (primary N) is 2. The third-order valence-electron chi connectivity index (χ3n) is 4.03. The van der Waals surface area contributed by atoms with E-state index in [1.165, 1.54) is 0 Å². The molecule has 0 aromatic rings. The lowest BCUT2D eigenvalue weighted by molar-refractivity contribution is -0.126. The minimum absolute atomic E-state index is 0.312. The molecule has 20 heavy (non-hydrogen) atoms. The molecular weight excluding hydrogens is 256 g/mol. The molecule has 2 aliphatic rings. The molecule has 0 aromatic heterocycles. The molecule has 0 bridgehead atoms. The van der Waals surface area contributed by atoms with Gasteiger partial charge < -0.3 is 16.2 Å². The largest absolute Gasteiger partial charge is 0.493 e. The quantitative estimate of drug-likeness (QED) is 0.809. The number of allylic oxidation sites excluding steroid dienone is 2. The first-order valence-electron chi connectivity index (χ1n) is 6.97. The van der Waals surface area contributed by atoms with Gasteiger partial charge in [-0.3, -0.25) is 9.59 Å². The summed E-state index contributed by atoms with van der Waals surface area (Å²) in [6.45, 7) is 4.43. The van der Waals surface area contributed by atoms with Crippen LogP contribution in [0.3, 0.4) is 0 Å². The number of rotatable bonds is 4. The second kappa shape index (κ2) is 5.31. The molecule has 5 nitrogen and oxygen atoms in total. The van der Waals surface area contributed by atoms with Crippen molar-refractivity contribution in [2.75, 3.05) is 6.61 Å². The van der Waals surface area contributed by atoms with Crippen molar-refractivity contribution in [1.82, 2.24) is 0 Å². The summed E-state index contributed by atoms with van der Waals surface area (Å²) >= 11 is 0. The van der Waals surface area contributed by atoms with Crippen LogP contribution in [-0.2, 0) is 14.3 Å². The van der Waals surface area contributed by atoms with Crippen LogP contribution in [0.5, 0.6) is 0 Å². The maximum absolute atomic E-state index is 11.9. The lowest BCUT2D eigenvalue weighted by Gasteiger charge is -2.36. The number of hydrogen-bond acceptors (Lipinski definition) is 3. The van der Waals surface area contributed by atoms with Gasteiger partial charge in [-0.1, -0.05) is 19.9 Å². The summed E-state index contributed by atoms with van der Waals surface area (Å²) in [7, 11) is 0. The molecule has 1 heterocycles. The van der Waals surface area contributed by atoms with Gasteiger partial charge in [-0.2, -0.15) is 0 Å². The van der Waals surface area contributed by atoms with Crippen LogP contribution in [0.2, 0.25) is 0 Å². The Balaban J connectivity index is 2.24. The summed E-state index contributed by atoms with van der Waals surface area (Å²) < 4.78 is 5.57. The molecule has 0 fully saturated rings. The first-order chi connectivity index (χ1) is 9.34. The van der Waals surface area contributed by atoms with E-state index in [4.69, 9.17) is 16.2 Å². The number of amides is 2. The first kappa shape index (κ1) is 14.6. The predicted octanol–water partition coefficient (Wildman–Crippen LogP) is 1.24. The highest BCUT2D eigenvalue weighted by molar-refractivity contribution is 5.84. The minimum atomic E-state index is -0.671. The van der Waals surface area contributed by atoms with Crippen LogP contribution in [0.1, 0.15) is 33.1 Å². The zero-order chi connectivity index (χ0) is 14.9. The normalized spacial score (nSPS) is 29.1. The molecular formula is C15H22N2O3. The zero-order valence-corrected chi connectivity index (χ0v) is 12.0. The van der Waals surface area contributed by atoms with Gasteiger partial charge >= 0.3 is 0 Å². The van der Waals surface area contributed by atoms with Crippen molar-refractivity contribution in [2.24, 2.45) is 28.7 Å². The Morgan fingerprint density at radius 2 is 2.15 bits per heavy atom. The van der Waals surface area contributed by atoms with Crippen molar-refractivity contribution in [2.45, 2.75) is 33.1 Å². The predicted molar refractivity (Wildman–Crippen MR) is 75.1 cm³/mol. The van der Waals surface area contributed by atoms with E-state index in [-0.39, 0.29) is 17.7 Å². The molecule has 4 N–H and O–H groups in total. The molecule has 2 rings (SSSR count). The number of carbonyl (C=O) groups is 2. The Morgan fingerprint density at radius 1 is 1.45 bits per heavy atom. The molecule has 5 heteroatoms. The molecule has 0 spiro atoms. The molecule has 0 saturated heterocycles. The van der Waals surface area contributed by atoms with Gasteiger partial charge in [0.05, 0.1) is 11.3 Å². The van der Waals surface area contributed by atoms with Crippen molar-refractivity contribution in [1.29, 1.82) is 0 Å². The minimum Gasteiger partial charge on any atom is -0.493 e. The van der Waals surface area contributed by atoms with E-state index >= 15 is 0 Å². The van der Waals surface area contributed by atoms with Crippen LogP contribution in [0, 0.1) is 17.3 Å². The smallest absolute Gasteiger partial charge is 0.227 e. The summed E-state index contributed by atoms with van der Waals surface area (Å²) in [6.07, 6.45) is 5.46. The molecule has 110 valence electrons. The number of ether oxygens (including phenoxy) is 1. The average Bonchev–Trinajstić information content (AvgIpc) is 2.36. The Bertz CT molecular complexity index is 493. The second-order valence-corrected chi connectivity index (χ2v) is 6.21. The SMILES string of the molecule is CC(C)CC1(C(N)=O)C=CC2=C(CC(C(N)=O)CO2)C1. The van der Waals surface area contributed by atoms with Crippen LogP contribution >= 0.6 is 0 Å². The van der Waals surface area contributed by atoms with Gasteiger partial charge in [0.25, 0.3) is 0 Å². The van der Waals surface area contributed by atoms with Gasteiger partial charge in [0.2, 0.25) is 11.8 Å². The van der Waals surface area contributed by atoms with E-state index in [2.05, 4.69) is 13.8 Å². The van der Waals surface area contributed by atoms with E-state index in [0.29, 0.717) is 31.8 Å². The molecule has 0 radical (unpaired) electrons. The Kier molecular flexibility index (Phi) is 3.88. The monoisotopic (exact) mass is 278 g/mol. The summed E-state index contributed by atoms with van der Waals surface area (Å²) in [4.78, 5) is 23.2. The molecule has 2 atom stereocenters. The van der Waals surface area contributed by atoms with E-state index < -0.39 is 5.41 Å². The Hall–Kier alpha value is -1.78. The van der Waals surface area contributed by atoms with Gasteiger partial charge in [0.1, 0.15) is 12.4 Å². The van der Waals surface area contributed by atoms with Gasteiger partial charge in [-0.25, -0.2) is 0 Å². The van der Waals surface area contributed by atoms with Crippen LogP contribution in [0.25, 0.3) is 0 Å². The van der Waals surface area contributed by atoms with Crippen LogP contribution in [0.4, 0.5) is 0 Å². The van der Waals surface area contributed by atoms with Crippen LogP contribution < -0.4 is 11.5 Å². The zero-order valence-electron chi connectivity index (χ0n) is 12.0. The van der Waals surface area contributed by atoms with Crippen molar-refractivity contribution in [3.63, 3.8) is 0 Å². The molecule has 2 unspecified atom stereocenters. The van der Waals surface area contributed by atoms with E-state index in [0.717, 1.165) is 11.3 Å². The van der Waals surface area contributed by atoms with Crippen LogP contribution in [-0.4, -0.2) is 18.4 Å². The standard InChI is InChI=1S/C15H22N2O3/c1-9(2)6-15(14(17)19)4-3-12-10(7-15)5-11(8-20-12)13(16)18/h3-4,9,11H,5-8H2,1-2H3,(H2,16,18)(H2,17,19). The number of carbonyl (C=O) groups excluding carboxylic acids is 2. The summed E-state index contributed by atoms with van der Waals surface area (Å²) in [5.74, 6) is 0.119. The van der Waals surface area contributed by atoms with E-state index in [1.54, 1.807) is 0 Å². The van der Waals surface area contributed by atoms with E-state index in [9.17, 15) is 9.59 Å². The third kappa shape index (κ3) is 2.71. The van der Waals surface area contributed by atoms with Gasteiger partial charge in [0.15, 0.2) is 0 Å². The van der Waals surface area contributed by atoms with Crippen molar-refractivity contribution in [3.05, 3.63) is 23.5 Å². The number of hydrogen-bond donors (Lipinski definition) is 2. The Labute approximate surface area is 119 Å². The first-order valence-corrected chi connectivity index (χ1v) is 6.97. The third-order valence-corrected chi connectivity index (χ3v) is 4.03. The van der Waals surface area contributed by atoms with Crippen molar-refractivity contribution >= 4 is 11.8 Å².